The Bertz CT molecular complexity index is 544. The number of benzene rings is 1. The largest absolute Gasteiger partial charge is 0.343 e. The molecule has 0 amide bonds. The highest BCUT2D eigenvalue weighted by molar-refractivity contribution is 7.71. The van der Waals surface area contributed by atoms with Gasteiger partial charge in [-0.2, -0.15) is 0 Å². The highest BCUT2D eigenvalue weighted by Crippen LogP contribution is 2.15. The van der Waals surface area contributed by atoms with Crippen molar-refractivity contribution in [2.45, 2.75) is 20.3 Å². The molecular weight excluding hydrogens is 228 g/mol. The van der Waals surface area contributed by atoms with Gasteiger partial charge >= 0.3 is 0 Å². The SMILES string of the molecule is CC(C)Cc1cc(=S)nc(-c2ccccc2)[nH]1. The topological polar surface area (TPSA) is 28.7 Å². The van der Waals surface area contributed by atoms with E-state index in [4.69, 9.17) is 12.2 Å². The summed E-state index contributed by atoms with van der Waals surface area (Å²) in [5, 5.41) is 0. The Hall–Kier alpha value is -1.48. The van der Waals surface area contributed by atoms with Crippen LogP contribution in [0.4, 0.5) is 0 Å². The van der Waals surface area contributed by atoms with Crippen molar-refractivity contribution in [3.63, 3.8) is 0 Å². The van der Waals surface area contributed by atoms with E-state index >= 15 is 0 Å². The van der Waals surface area contributed by atoms with E-state index in [9.17, 15) is 0 Å². The van der Waals surface area contributed by atoms with Crippen molar-refractivity contribution in [2.75, 3.05) is 0 Å². The molecule has 88 valence electrons. The van der Waals surface area contributed by atoms with Crippen LogP contribution in [0.3, 0.4) is 0 Å². The molecule has 1 aromatic carbocycles. The molecule has 0 fully saturated rings. The standard InChI is InChI=1S/C14H16N2S/c1-10(2)8-12-9-13(17)16-14(15-12)11-6-4-3-5-7-11/h3-7,9-10H,8H2,1-2H3,(H,15,16,17). The minimum atomic E-state index is 0.603. The van der Waals surface area contributed by atoms with Gasteiger partial charge in [-0.3, -0.25) is 0 Å². The summed E-state index contributed by atoms with van der Waals surface area (Å²) >= 11 is 5.21. The minimum Gasteiger partial charge on any atom is -0.343 e. The van der Waals surface area contributed by atoms with Gasteiger partial charge in [0.25, 0.3) is 0 Å². The van der Waals surface area contributed by atoms with Crippen molar-refractivity contribution in [1.29, 1.82) is 0 Å². The number of nitrogens with zero attached hydrogens (tertiary/aromatic N) is 1. The fraction of sp³-hybridized carbons (Fsp3) is 0.286. The number of aromatic nitrogens is 2. The quantitative estimate of drug-likeness (QED) is 0.827. The molecule has 1 N–H and O–H groups in total. The van der Waals surface area contributed by atoms with E-state index in [2.05, 4.69) is 23.8 Å². The Morgan fingerprint density at radius 3 is 2.59 bits per heavy atom. The maximum absolute atomic E-state index is 5.21. The van der Waals surface area contributed by atoms with Crippen LogP contribution in [0.1, 0.15) is 19.5 Å². The Kier molecular flexibility index (Phi) is 3.69. The summed E-state index contributed by atoms with van der Waals surface area (Å²) in [4.78, 5) is 7.73. The molecule has 0 bridgehead atoms. The molecule has 0 radical (unpaired) electrons. The average molecular weight is 244 g/mol. The molecule has 2 nitrogen and oxygen atoms in total. The van der Waals surface area contributed by atoms with E-state index in [1.165, 1.54) is 0 Å². The molecule has 2 rings (SSSR count). The second-order valence-electron chi connectivity index (χ2n) is 4.56. The normalized spacial score (nSPS) is 10.8. The first-order valence-corrected chi connectivity index (χ1v) is 6.21. The molecule has 0 saturated heterocycles. The summed E-state index contributed by atoms with van der Waals surface area (Å²) in [6.07, 6.45) is 0.992. The Labute approximate surface area is 107 Å². The van der Waals surface area contributed by atoms with Crippen LogP contribution in [-0.2, 0) is 6.42 Å². The summed E-state index contributed by atoms with van der Waals surface area (Å²) in [7, 11) is 0. The molecule has 0 aliphatic carbocycles. The van der Waals surface area contributed by atoms with Crippen LogP contribution in [0, 0.1) is 10.6 Å². The number of H-pyrrole nitrogens is 1. The zero-order valence-electron chi connectivity index (χ0n) is 10.1. The highest BCUT2D eigenvalue weighted by Gasteiger charge is 2.03. The molecule has 1 aromatic heterocycles. The van der Waals surface area contributed by atoms with Crippen LogP contribution in [0.2, 0.25) is 0 Å². The molecule has 0 atom stereocenters. The summed E-state index contributed by atoms with van der Waals surface area (Å²) in [5.74, 6) is 1.46. The van der Waals surface area contributed by atoms with E-state index in [1.54, 1.807) is 0 Å². The lowest BCUT2D eigenvalue weighted by atomic mass is 10.1. The summed E-state index contributed by atoms with van der Waals surface area (Å²) in [6, 6.07) is 12.0. The van der Waals surface area contributed by atoms with Gasteiger partial charge in [-0.05, 0) is 18.4 Å². The van der Waals surface area contributed by atoms with Crippen molar-refractivity contribution in [3.8, 4) is 11.4 Å². The maximum atomic E-state index is 5.21. The van der Waals surface area contributed by atoms with E-state index in [1.807, 2.05) is 36.4 Å². The summed E-state index contributed by atoms with van der Waals surface area (Å²) in [5.41, 5.74) is 2.23. The van der Waals surface area contributed by atoms with Gasteiger partial charge in [0.2, 0.25) is 0 Å². The molecular formula is C14H16N2S. The molecule has 0 aliphatic rings. The first-order valence-electron chi connectivity index (χ1n) is 5.81. The Balaban J connectivity index is 2.42. The maximum Gasteiger partial charge on any atom is 0.139 e. The predicted molar refractivity (Wildman–Crippen MR) is 73.4 cm³/mol. The lowest BCUT2D eigenvalue weighted by molar-refractivity contribution is 0.634. The number of hydrogen-bond acceptors (Lipinski definition) is 2. The summed E-state index contributed by atoms with van der Waals surface area (Å²) < 4.78 is 0.651. The van der Waals surface area contributed by atoms with Crippen LogP contribution in [0.25, 0.3) is 11.4 Å². The van der Waals surface area contributed by atoms with Crippen molar-refractivity contribution >= 4 is 12.2 Å². The van der Waals surface area contributed by atoms with Gasteiger partial charge in [0.05, 0.1) is 0 Å². The van der Waals surface area contributed by atoms with Gasteiger partial charge in [0.1, 0.15) is 10.5 Å². The van der Waals surface area contributed by atoms with E-state index < -0.39 is 0 Å². The summed E-state index contributed by atoms with van der Waals surface area (Å²) in [6.45, 7) is 4.39. The van der Waals surface area contributed by atoms with Gasteiger partial charge in [0.15, 0.2) is 0 Å². The molecule has 17 heavy (non-hydrogen) atoms. The van der Waals surface area contributed by atoms with E-state index in [0.29, 0.717) is 10.6 Å². The van der Waals surface area contributed by atoms with Crippen LogP contribution in [0.15, 0.2) is 36.4 Å². The third-order valence-electron chi connectivity index (χ3n) is 2.47. The molecule has 0 aliphatic heterocycles. The van der Waals surface area contributed by atoms with E-state index in [0.717, 1.165) is 23.5 Å². The Morgan fingerprint density at radius 1 is 1.24 bits per heavy atom. The Morgan fingerprint density at radius 2 is 1.94 bits per heavy atom. The van der Waals surface area contributed by atoms with Crippen LogP contribution in [-0.4, -0.2) is 9.97 Å². The fourth-order valence-corrected chi connectivity index (χ4v) is 2.02. The first kappa shape index (κ1) is 12.0. The monoisotopic (exact) mass is 244 g/mol. The van der Waals surface area contributed by atoms with Crippen LogP contribution < -0.4 is 0 Å². The zero-order chi connectivity index (χ0) is 12.3. The van der Waals surface area contributed by atoms with Gasteiger partial charge in [-0.1, -0.05) is 56.4 Å². The molecule has 0 unspecified atom stereocenters. The first-order chi connectivity index (χ1) is 8.15. The molecule has 0 spiro atoms. The third kappa shape index (κ3) is 3.24. The average Bonchev–Trinajstić information content (AvgIpc) is 2.28. The highest BCUT2D eigenvalue weighted by atomic mass is 32.1. The lowest BCUT2D eigenvalue weighted by Gasteiger charge is -2.08. The van der Waals surface area contributed by atoms with E-state index in [-0.39, 0.29) is 0 Å². The minimum absolute atomic E-state index is 0.603. The fourth-order valence-electron chi connectivity index (χ4n) is 1.79. The van der Waals surface area contributed by atoms with Gasteiger partial charge in [-0.15, -0.1) is 0 Å². The van der Waals surface area contributed by atoms with Crippen molar-refractivity contribution in [2.24, 2.45) is 5.92 Å². The third-order valence-corrected chi connectivity index (χ3v) is 2.68. The number of nitrogens with one attached hydrogen (secondary N) is 1. The zero-order valence-corrected chi connectivity index (χ0v) is 10.9. The van der Waals surface area contributed by atoms with Gasteiger partial charge in [-0.25, -0.2) is 4.98 Å². The lowest BCUT2D eigenvalue weighted by Crippen LogP contribution is -2.00. The predicted octanol–water partition coefficient (Wildman–Crippen LogP) is 4.00. The molecule has 1 heterocycles. The number of aromatic amines is 1. The molecule has 3 heteroatoms. The second kappa shape index (κ2) is 5.23. The van der Waals surface area contributed by atoms with Crippen LogP contribution >= 0.6 is 12.2 Å². The van der Waals surface area contributed by atoms with Gasteiger partial charge < -0.3 is 4.98 Å². The molecule has 2 aromatic rings. The molecule has 0 saturated carbocycles. The van der Waals surface area contributed by atoms with Crippen molar-refractivity contribution in [1.82, 2.24) is 9.97 Å². The van der Waals surface area contributed by atoms with Crippen molar-refractivity contribution in [3.05, 3.63) is 46.7 Å². The van der Waals surface area contributed by atoms with Crippen LogP contribution in [0.5, 0.6) is 0 Å². The van der Waals surface area contributed by atoms with Gasteiger partial charge in [0, 0.05) is 11.3 Å². The van der Waals surface area contributed by atoms with Crippen molar-refractivity contribution < 1.29 is 0 Å². The number of rotatable bonds is 3. The number of hydrogen-bond donors (Lipinski definition) is 1. The second-order valence-corrected chi connectivity index (χ2v) is 4.98. The smallest absolute Gasteiger partial charge is 0.139 e.